The molecule has 1 heterocycles. The van der Waals surface area contributed by atoms with Crippen molar-refractivity contribution in [3.63, 3.8) is 0 Å². The van der Waals surface area contributed by atoms with E-state index in [0.29, 0.717) is 0 Å². The van der Waals surface area contributed by atoms with E-state index in [9.17, 15) is 14.7 Å². The minimum Gasteiger partial charge on any atom is -0.480 e. The molecular weight excluding hydrogens is 232 g/mol. The van der Waals surface area contributed by atoms with Crippen LogP contribution in [0.2, 0.25) is 0 Å². The highest BCUT2D eigenvalue weighted by Gasteiger charge is 2.39. The Morgan fingerprint density at radius 1 is 1.33 bits per heavy atom. The number of amides is 1. The molecule has 0 bridgehead atoms. The Labute approximate surface area is 108 Å². The van der Waals surface area contributed by atoms with Crippen molar-refractivity contribution in [3.8, 4) is 0 Å². The molecule has 0 aromatic carbocycles. The van der Waals surface area contributed by atoms with Crippen molar-refractivity contribution >= 4 is 11.9 Å². The second-order valence-electron chi connectivity index (χ2n) is 6.33. The minimum atomic E-state index is -0.991. The first-order valence-electron chi connectivity index (χ1n) is 6.45. The van der Waals surface area contributed by atoms with Gasteiger partial charge in [-0.05, 0) is 38.1 Å². The van der Waals surface area contributed by atoms with Gasteiger partial charge in [0.2, 0.25) is 5.91 Å². The lowest BCUT2D eigenvalue weighted by atomic mass is 9.84. The molecule has 1 aliphatic rings. The van der Waals surface area contributed by atoms with Crippen molar-refractivity contribution in [2.75, 3.05) is 6.54 Å². The second-order valence-corrected chi connectivity index (χ2v) is 6.33. The fraction of sp³-hybridized carbons (Fsp3) is 0.846. The summed E-state index contributed by atoms with van der Waals surface area (Å²) in [6.07, 6.45) is 2.80. The van der Waals surface area contributed by atoms with Crippen LogP contribution in [-0.4, -0.2) is 35.1 Å². The molecule has 18 heavy (non-hydrogen) atoms. The van der Waals surface area contributed by atoms with Crippen LogP contribution in [0, 0.1) is 5.41 Å². The first-order chi connectivity index (χ1) is 8.17. The summed E-state index contributed by atoms with van der Waals surface area (Å²) in [4.78, 5) is 23.5. The predicted molar refractivity (Wildman–Crippen MR) is 69.3 cm³/mol. The van der Waals surface area contributed by atoms with E-state index in [0.717, 1.165) is 25.8 Å². The lowest BCUT2D eigenvalue weighted by Gasteiger charge is -2.36. The first-order valence-corrected chi connectivity index (χ1v) is 6.45. The number of carboxylic acids is 1. The average molecular weight is 256 g/mol. The zero-order valence-corrected chi connectivity index (χ0v) is 11.7. The average Bonchev–Trinajstić information content (AvgIpc) is 2.24. The molecule has 0 aliphatic carbocycles. The van der Waals surface area contributed by atoms with Crippen molar-refractivity contribution in [2.24, 2.45) is 5.41 Å². The van der Waals surface area contributed by atoms with Crippen LogP contribution in [0.3, 0.4) is 0 Å². The molecule has 0 radical (unpaired) electrons. The molecule has 1 rings (SSSR count). The van der Waals surface area contributed by atoms with E-state index in [4.69, 9.17) is 0 Å². The topological polar surface area (TPSA) is 78.4 Å². The van der Waals surface area contributed by atoms with Gasteiger partial charge in [-0.3, -0.25) is 4.79 Å². The summed E-state index contributed by atoms with van der Waals surface area (Å²) in [5.41, 5.74) is -1.15. The maximum absolute atomic E-state index is 12.2. The molecule has 2 atom stereocenters. The van der Waals surface area contributed by atoms with E-state index in [1.165, 1.54) is 0 Å². The number of aliphatic carboxylic acids is 1. The van der Waals surface area contributed by atoms with Gasteiger partial charge in [-0.2, -0.15) is 0 Å². The SMILES string of the molecule is CC1(C(=O)N[C@@H](C(=O)O)C(C)(C)C)CCCCN1. The van der Waals surface area contributed by atoms with E-state index in [2.05, 4.69) is 10.6 Å². The third kappa shape index (κ3) is 3.45. The van der Waals surface area contributed by atoms with Crippen LogP contribution in [-0.2, 0) is 9.59 Å². The van der Waals surface area contributed by atoms with Gasteiger partial charge in [-0.15, -0.1) is 0 Å². The monoisotopic (exact) mass is 256 g/mol. The molecule has 5 nitrogen and oxygen atoms in total. The Balaban J connectivity index is 2.75. The zero-order chi connectivity index (χ0) is 14.0. The molecule has 1 fully saturated rings. The number of hydrogen-bond donors (Lipinski definition) is 3. The van der Waals surface area contributed by atoms with Gasteiger partial charge in [0.05, 0.1) is 5.54 Å². The van der Waals surface area contributed by atoms with Crippen LogP contribution in [0.15, 0.2) is 0 Å². The van der Waals surface area contributed by atoms with Crippen molar-refractivity contribution in [1.29, 1.82) is 0 Å². The van der Waals surface area contributed by atoms with Gasteiger partial charge in [0.1, 0.15) is 6.04 Å². The largest absolute Gasteiger partial charge is 0.480 e. The molecule has 3 N–H and O–H groups in total. The summed E-state index contributed by atoms with van der Waals surface area (Å²) >= 11 is 0. The van der Waals surface area contributed by atoms with Gasteiger partial charge in [-0.1, -0.05) is 20.8 Å². The first kappa shape index (κ1) is 15.0. The predicted octanol–water partition coefficient (Wildman–Crippen LogP) is 1.13. The lowest BCUT2D eigenvalue weighted by molar-refractivity contribution is -0.146. The number of carbonyl (C=O) groups is 2. The highest BCUT2D eigenvalue weighted by Crippen LogP contribution is 2.23. The lowest BCUT2D eigenvalue weighted by Crippen LogP contribution is -2.61. The number of carbonyl (C=O) groups excluding carboxylic acids is 1. The summed E-state index contributed by atoms with van der Waals surface area (Å²) in [6, 6.07) is -0.870. The van der Waals surface area contributed by atoms with Gasteiger partial charge >= 0.3 is 5.97 Å². The van der Waals surface area contributed by atoms with Gasteiger partial charge in [-0.25, -0.2) is 4.79 Å². The molecule has 1 amide bonds. The molecule has 1 unspecified atom stereocenters. The minimum absolute atomic E-state index is 0.218. The van der Waals surface area contributed by atoms with E-state index in [1.807, 2.05) is 27.7 Å². The molecule has 5 heteroatoms. The van der Waals surface area contributed by atoms with Crippen LogP contribution in [0.25, 0.3) is 0 Å². The Kier molecular flexibility index (Phi) is 4.37. The fourth-order valence-electron chi connectivity index (χ4n) is 2.19. The number of hydrogen-bond acceptors (Lipinski definition) is 3. The Bertz CT molecular complexity index is 328. The van der Waals surface area contributed by atoms with Crippen molar-refractivity contribution < 1.29 is 14.7 Å². The highest BCUT2D eigenvalue weighted by atomic mass is 16.4. The number of piperidine rings is 1. The Morgan fingerprint density at radius 3 is 2.33 bits per heavy atom. The molecular formula is C13H24N2O3. The van der Waals surface area contributed by atoms with E-state index >= 15 is 0 Å². The molecule has 0 aromatic rings. The van der Waals surface area contributed by atoms with Crippen molar-refractivity contribution in [2.45, 2.75) is 58.5 Å². The Morgan fingerprint density at radius 2 is 1.94 bits per heavy atom. The smallest absolute Gasteiger partial charge is 0.326 e. The van der Waals surface area contributed by atoms with Gasteiger partial charge in [0.25, 0.3) is 0 Å². The summed E-state index contributed by atoms with van der Waals surface area (Å²) in [5, 5.41) is 15.1. The quantitative estimate of drug-likeness (QED) is 0.707. The Hall–Kier alpha value is -1.10. The van der Waals surface area contributed by atoms with Crippen molar-refractivity contribution in [3.05, 3.63) is 0 Å². The van der Waals surface area contributed by atoms with E-state index < -0.39 is 23.0 Å². The maximum Gasteiger partial charge on any atom is 0.326 e. The molecule has 1 saturated heterocycles. The normalized spacial score (nSPS) is 26.4. The van der Waals surface area contributed by atoms with E-state index in [1.54, 1.807) is 0 Å². The number of rotatable bonds is 3. The van der Waals surface area contributed by atoms with Crippen LogP contribution < -0.4 is 10.6 Å². The number of carboxylic acid groups (broad SMARTS) is 1. The highest BCUT2D eigenvalue weighted by molar-refractivity contribution is 5.90. The summed E-state index contributed by atoms with van der Waals surface area (Å²) in [5.74, 6) is -1.21. The molecule has 0 spiro atoms. The van der Waals surface area contributed by atoms with Crippen LogP contribution in [0.4, 0.5) is 0 Å². The standard InChI is InChI=1S/C13H24N2O3/c1-12(2,3)9(10(16)17)15-11(18)13(4)7-5-6-8-14-13/h9,14H,5-8H2,1-4H3,(H,15,18)(H,16,17)/t9-,13?/m0/s1. The second kappa shape index (κ2) is 5.26. The zero-order valence-electron chi connectivity index (χ0n) is 11.7. The maximum atomic E-state index is 12.2. The third-order valence-electron chi connectivity index (χ3n) is 3.51. The molecule has 0 aromatic heterocycles. The summed E-state index contributed by atoms with van der Waals surface area (Å²) < 4.78 is 0. The van der Waals surface area contributed by atoms with Gasteiger partial charge in [0, 0.05) is 0 Å². The fourth-order valence-corrected chi connectivity index (χ4v) is 2.19. The summed E-state index contributed by atoms with van der Waals surface area (Å²) in [7, 11) is 0. The van der Waals surface area contributed by atoms with Gasteiger partial charge in [0.15, 0.2) is 0 Å². The van der Waals surface area contributed by atoms with Crippen LogP contribution in [0.5, 0.6) is 0 Å². The summed E-state index contributed by atoms with van der Waals surface area (Å²) in [6.45, 7) is 8.06. The molecule has 1 aliphatic heterocycles. The number of nitrogens with one attached hydrogen (secondary N) is 2. The molecule has 104 valence electrons. The molecule has 0 saturated carbocycles. The van der Waals surface area contributed by atoms with E-state index in [-0.39, 0.29) is 5.91 Å². The van der Waals surface area contributed by atoms with Crippen LogP contribution >= 0.6 is 0 Å². The van der Waals surface area contributed by atoms with Crippen molar-refractivity contribution in [1.82, 2.24) is 10.6 Å². The van der Waals surface area contributed by atoms with Gasteiger partial charge < -0.3 is 15.7 Å². The third-order valence-corrected chi connectivity index (χ3v) is 3.51. The van der Waals surface area contributed by atoms with Crippen LogP contribution in [0.1, 0.15) is 47.0 Å².